The molecule has 4 rings (SSSR count). The average molecular weight is 593 g/mol. The van der Waals surface area contributed by atoms with Gasteiger partial charge in [-0.25, -0.2) is 4.79 Å². The van der Waals surface area contributed by atoms with Crippen molar-refractivity contribution in [2.45, 2.75) is 56.7 Å². The summed E-state index contributed by atoms with van der Waals surface area (Å²) in [5, 5.41) is 25.7. The number of carbonyl (C=O) groups excluding carboxylic acids is 2. The fourth-order valence-corrected chi connectivity index (χ4v) is 5.19. The SMILES string of the molecule is N#Cc1cc(NC(=O)NC(c2ccc(C(=O)NCCC(=O)O)cc2)c2ccc(C3CCCCC3)cc2)cc(C(F)(F)F)c1. The van der Waals surface area contributed by atoms with E-state index in [-0.39, 0.29) is 29.8 Å². The minimum absolute atomic E-state index is 0.0311. The van der Waals surface area contributed by atoms with E-state index in [1.807, 2.05) is 24.3 Å². The minimum atomic E-state index is -4.70. The first kappa shape index (κ1) is 31.1. The van der Waals surface area contributed by atoms with Crippen LogP contribution in [-0.4, -0.2) is 29.6 Å². The van der Waals surface area contributed by atoms with Gasteiger partial charge in [-0.05, 0) is 65.8 Å². The molecule has 3 aromatic rings. The number of carbonyl (C=O) groups is 3. The Bertz CT molecular complexity index is 1490. The Morgan fingerprint density at radius 1 is 0.930 bits per heavy atom. The fraction of sp³-hybridized carbons (Fsp3) is 0.312. The summed E-state index contributed by atoms with van der Waals surface area (Å²) >= 11 is 0. The lowest BCUT2D eigenvalue weighted by atomic mass is 9.83. The molecular formula is C32H31F3N4O4. The molecule has 0 saturated heterocycles. The number of nitrogens with zero attached hydrogens (tertiary/aromatic N) is 1. The zero-order valence-corrected chi connectivity index (χ0v) is 23.2. The number of rotatable bonds is 9. The maximum atomic E-state index is 13.3. The Morgan fingerprint density at radius 3 is 2.14 bits per heavy atom. The van der Waals surface area contributed by atoms with Crippen LogP contribution in [0.4, 0.5) is 23.7 Å². The monoisotopic (exact) mass is 592 g/mol. The number of benzene rings is 3. The third kappa shape index (κ3) is 8.58. The predicted molar refractivity (Wildman–Crippen MR) is 153 cm³/mol. The van der Waals surface area contributed by atoms with Crippen LogP contribution in [0.3, 0.4) is 0 Å². The molecule has 1 unspecified atom stereocenters. The van der Waals surface area contributed by atoms with Crippen LogP contribution in [0.2, 0.25) is 0 Å². The van der Waals surface area contributed by atoms with Crippen LogP contribution >= 0.6 is 0 Å². The number of halogens is 3. The van der Waals surface area contributed by atoms with Crippen molar-refractivity contribution in [2.75, 3.05) is 11.9 Å². The zero-order chi connectivity index (χ0) is 31.0. The van der Waals surface area contributed by atoms with Crippen LogP contribution in [0, 0.1) is 11.3 Å². The molecule has 3 aromatic carbocycles. The van der Waals surface area contributed by atoms with E-state index in [4.69, 9.17) is 5.11 Å². The normalized spacial score (nSPS) is 14.3. The number of carboxylic acids is 1. The van der Waals surface area contributed by atoms with Gasteiger partial charge in [-0.3, -0.25) is 9.59 Å². The molecule has 1 fully saturated rings. The second kappa shape index (κ2) is 13.9. The van der Waals surface area contributed by atoms with Gasteiger partial charge in [0.15, 0.2) is 0 Å². The molecule has 43 heavy (non-hydrogen) atoms. The van der Waals surface area contributed by atoms with Gasteiger partial charge in [-0.1, -0.05) is 55.7 Å². The van der Waals surface area contributed by atoms with Gasteiger partial charge in [0.05, 0.1) is 29.7 Å². The summed E-state index contributed by atoms with van der Waals surface area (Å²) in [5.74, 6) is -1.03. The fourth-order valence-electron chi connectivity index (χ4n) is 5.19. The predicted octanol–water partition coefficient (Wildman–Crippen LogP) is 6.74. The number of amides is 3. The third-order valence-corrected chi connectivity index (χ3v) is 7.40. The number of nitriles is 1. The van der Waals surface area contributed by atoms with Crippen molar-refractivity contribution in [1.29, 1.82) is 5.26 Å². The molecule has 8 nitrogen and oxygen atoms in total. The number of alkyl halides is 3. The van der Waals surface area contributed by atoms with Crippen molar-refractivity contribution in [3.8, 4) is 6.07 Å². The topological polar surface area (TPSA) is 131 Å². The van der Waals surface area contributed by atoms with Crippen LogP contribution in [0.5, 0.6) is 0 Å². The van der Waals surface area contributed by atoms with Gasteiger partial charge in [0.25, 0.3) is 5.91 Å². The van der Waals surface area contributed by atoms with Gasteiger partial charge in [-0.2, -0.15) is 18.4 Å². The van der Waals surface area contributed by atoms with Gasteiger partial charge in [0.1, 0.15) is 0 Å². The minimum Gasteiger partial charge on any atom is -0.481 e. The van der Waals surface area contributed by atoms with Crippen LogP contribution < -0.4 is 16.0 Å². The Labute approximate surface area is 246 Å². The maximum Gasteiger partial charge on any atom is 0.416 e. The number of nitrogens with one attached hydrogen (secondary N) is 3. The first-order valence-electron chi connectivity index (χ1n) is 13.9. The van der Waals surface area contributed by atoms with Crippen LogP contribution in [0.15, 0.2) is 66.7 Å². The van der Waals surface area contributed by atoms with Crippen LogP contribution in [0.1, 0.15) is 88.7 Å². The first-order valence-corrected chi connectivity index (χ1v) is 13.9. The number of hydrogen-bond acceptors (Lipinski definition) is 4. The lowest BCUT2D eigenvalue weighted by Gasteiger charge is -2.24. The van der Waals surface area contributed by atoms with E-state index in [2.05, 4.69) is 16.0 Å². The molecule has 0 radical (unpaired) electrons. The summed E-state index contributed by atoms with van der Waals surface area (Å²) in [6, 6.07) is 17.0. The van der Waals surface area contributed by atoms with Gasteiger partial charge in [0.2, 0.25) is 0 Å². The van der Waals surface area contributed by atoms with E-state index in [1.165, 1.54) is 24.8 Å². The van der Waals surface area contributed by atoms with Crippen molar-refractivity contribution in [3.05, 3.63) is 100 Å². The molecule has 0 heterocycles. The highest BCUT2D eigenvalue weighted by atomic mass is 19.4. The van der Waals surface area contributed by atoms with E-state index in [0.717, 1.165) is 30.5 Å². The number of anilines is 1. The van der Waals surface area contributed by atoms with Crippen molar-refractivity contribution >= 4 is 23.6 Å². The maximum absolute atomic E-state index is 13.3. The quantitative estimate of drug-likeness (QED) is 0.219. The van der Waals surface area contributed by atoms with Crippen molar-refractivity contribution in [3.63, 3.8) is 0 Å². The van der Waals surface area contributed by atoms with Crippen molar-refractivity contribution in [1.82, 2.24) is 10.6 Å². The number of urea groups is 1. The van der Waals surface area contributed by atoms with E-state index < -0.39 is 35.7 Å². The average Bonchev–Trinajstić information content (AvgIpc) is 2.99. The molecule has 0 bridgehead atoms. The molecule has 11 heteroatoms. The summed E-state index contributed by atoms with van der Waals surface area (Å²) < 4.78 is 40.0. The van der Waals surface area contributed by atoms with E-state index in [9.17, 15) is 32.8 Å². The summed E-state index contributed by atoms with van der Waals surface area (Å²) in [7, 11) is 0. The number of aliphatic carboxylic acids is 1. The number of hydrogen-bond donors (Lipinski definition) is 4. The Balaban J connectivity index is 1.58. The second-order valence-electron chi connectivity index (χ2n) is 10.5. The zero-order valence-electron chi connectivity index (χ0n) is 23.2. The highest BCUT2D eigenvalue weighted by molar-refractivity contribution is 5.94. The molecule has 0 spiro atoms. The van der Waals surface area contributed by atoms with Crippen molar-refractivity contribution in [2.24, 2.45) is 0 Å². The molecule has 1 saturated carbocycles. The van der Waals surface area contributed by atoms with Crippen LogP contribution in [0.25, 0.3) is 0 Å². The lowest BCUT2D eigenvalue weighted by Crippen LogP contribution is -2.33. The molecule has 4 N–H and O–H groups in total. The van der Waals surface area contributed by atoms with Crippen LogP contribution in [-0.2, 0) is 11.0 Å². The molecule has 224 valence electrons. The van der Waals surface area contributed by atoms with E-state index in [0.29, 0.717) is 17.5 Å². The Morgan fingerprint density at radius 2 is 1.56 bits per heavy atom. The highest BCUT2D eigenvalue weighted by Gasteiger charge is 2.31. The van der Waals surface area contributed by atoms with Gasteiger partial charge < -0.3 is 21.1 Å². The molecule has 1 aliphatic carbocycles. The lowest BCUT2D eigenvalue weighted by molar-refractivity contribution is -0.138. The summed E-state index contributed by atoms with van der Waals surface area (Å²) in [6.45, 7) is -0.0311. The molecule has 0 aromatic heterocycles. The van der Waals surface area contributed by atoms with Gasteiger partial charge >= 0.3 is 18.2 Å². The van der Waals surface area contributed by atoms with E-state index in [1.54, 1.807) is 30.3 Å². The second-order valence-corrected chi connectivity index (χ2v) is 10.5. The summed E-state index contributed by atoms with van der Waals surface area (Å²) in [6.07, 6.45) is 0.882. The number of carboxylic acid groups (broad SMARTS) is 1. The molecule has 1 aliphatic rings. The molecule has 0 aliphatic heterocycles. The third-order valence-electron chi connectivity index (χ3n) is 7.40. The first-order chi connectivity index (χ1) is 20.5. The Kier molecular flexibility index (Phi) is 10.0. The summed E-state index contributed by atoms with van der Waals surface area (Å²) in [5.41, 5.74) is 1.31. The largest absolute Gasteiger partial charge is 0.481 e. The molecule has 1 atom stereocenters. The Hall–Kier alpha value is -4.85. The van der Waals surface area contributed by atoms with E-state index >= 15 is 0 Å². The molecule has 3 amide bonds. The van der Waals surface area contributed by atoms with Crippen molar-refractivity contribution < 1.29 is 32.7 Å². The standard InChI is InChI=1S/C32H31F3N4O4/c33-32(34,35)26-16-20(19-36)17-27(18-26)38-31(43)39-29(23-8-6-22(7-9-23)21-4-2-1-3-5-21)24-10-12-25(13-11-24)30(42)37-15-14-28(40)41/h6-13,16-18,21,29H,1-5,14-15H2,(H,37,42)(H,40,41)(H2,38,39,43). The van der Waals surface area contributed by atoms with Gasteiger partial charge in [-0.15, -0.1) is 0 Å². The summed E-state index contributed by atoms with van der Waals surface area (Å²) in [4.78, 5) is 36.2. The highest BCUT2D eigenvalue weighted by Crippen LogP contribution is 2.34. The van der Waals surface area contributed by atoms with Gasteiger partial charge in [0, 0.05) is 17.8 Å². The molecular weight excluding hydrogens is 561 g/mol. The smallest absolute Gasteiger partial charge is 0.416 e.